The fraction of sp³-hybridized carbons (Fsp3) is 0.250. The summed E-state index contributed by atoms with van der Waals surface area (Å²) in [6.45, 7) is 0. The third-order valence-corrected chi connectivity index (χ3v) is 3.45. The van der Waals surface area contributed by atoms with Crippen molar-refractivity contribution < 1.29 is 9.72 Å². The number of aromatic nitrogens is 3. The van der Waals surface area contributed by atoms with Gasteiger partial charge in [-0.2, -0.15) is 4.98 Å². The molecule has 108 valence electrons. The highest BCUT2D eigenvalue weighted by Crippen LogP contribution is 2.33. The van der Waals surface area contributed by atoms with E-state index in [2.05, 4.69) is 20.5 Å². The molecule has 1 aliphatic rings. The number of hydrogen-bond donors (Lipinski definition) is 2. The van der Waals surface area contributed by atoms with E-state index in [9.17, 15) is 14.9 Å². The molecule has 21 heavy (non-hydrogen) atoms. The second-order valence-corrected chi connectivity index (χ2v) is 5.14. The Hall–Kier alpha value is -2.48. The average Bonchev–Trinajstić information content (AvgIpc) is 3.14. The Labute approximate surface area is 123 Å². The summed E-state index contributed by atoms with van der Waals surface area (Å²) in [7, 11) is 0. The lowest BCUT2D eigenvalue weighted by atomic mass is 10.2. The minimum absolute atomic E-state index is 0.0962. The molecule has 1 heterocycles. The second-order valence-electron chi connectivity index (χ2n) is 4.70. The third-order valence-electron chi connectivity index (χ3n) is 3.20. The molecule has 2 aromatic rings. The summed E-state index contributed by atoms with van der Waals surface area (Å²) >= 11 is 5.80. The Kier molecular flexibility index (Phi) is 3.30. The van der Waals surface area contributed by atoms with Crippen molar-refractivity contribution in [3.05, 3.63) is 39.4 Å². The number of rotatable bonds is 4. The predicted octanol–water partition coefficient (Wildman–Crippen LogP) is 1.73. The molecule has 9 heteroatoms. The largest absolute Gasteiger partial charge is 0.293 e. The topological polar surface area (TPSA) is 114 Å². The van der Waals surface area contributed by atoms with Gasteiger partial charge in [0.1, 0.15) is 5.92 Å². The summed E-state index contributed by atoms with van der Waals surface area (Å²) in [5.74, 6) is -0.460. The smallest absolute Gasteiger partial charge is 0.249 e. The van der Waals surface area contributed by atoms with Crippen LogP contribution in [0.1, 0.15) is 6.42 Å². The quantitative estimate of drug-likeness (QED) is 0.659. The van der Waals surface area contributed by atoms with Gasteiger partial charge in [0.25, 0.3) is 0 Å². The Morgan fingerprint density at radius 1 is 1.43 bits per heavy atom. The summed E-state index contributed by atoms with van der Waals surface area (Å²) in [5, 5.41) is 20.1. The van der Waals surface area contributed by atoms with Crippen molar-refractivity contribution in [3.63, 3.8) is 0 Å². The maximum Gasteiger partial charge on any atom is 0.249 e. The average molecular weight is 308 g/mol. The second kappa shape index (κ2) is 5.13. The van der Waals surface area contributed by atoms with Gasteiger partial charge < -0.3 is 0 Å². The van der Waals surface area contributed by atoms with Crippen LogP contribution in [-0.4, -0.2) is 32.1 Å². The van der Waals surface area contributed by atoms with Crippen LogP contribution in [0.4, 0.5) is 5.95 Å². The fourth-order valence-electron chi connectivity index (χ4n) is 1.95. The van der Waals surface area contributed by atoms with Gasteiger partial charge in [-0.1, -0.05) is 11.6 Å². The summed E-state index contributed by atoms with van der Waals surface area (Å²) in [5.41, 5.74) is 0.766. The molecule has 0 bridgehead atoms. The van der Waals surface area contributed by atoms with Gasteiger partial charge in [0.2, 0.25) is 17.9 Å². The monoisotopic (exact) mass is 307 g/mol. The first-order valence-electron chi connectivity index (χ1n) is 6.17. The van der Waals surface area contributed by atoms with Gasteiger partial charge in [-0.15, -0.1) is 5.10 Å². The van der Waals surface area contributed by atoms with Crippen molar-refractivity contribution in [2.45, 2.75) is 12.5 Å². The number of halogens is 1. The molecule has 0 radical (unpaired) electrons. The van der Waals surface area contributed by atoms with E-state index < -0.39 is 22.8 Å². The molecule has 1 saturated carbocycles. The molecular weight excluding hydrogens is 298 g/mol. The number of benzene rings is 1. The first-order valence-corrected chi connectivity index (χ1v) is 6.55. The lowest BCUT2D eigenvalue weighted by Gasteiger charge is -1.97. The van der Waals surface area contributed by atoms with Gasteiger partial charge in [0, 0.05) is 21.9 Å². The Bertz CT molecular complexity index is 699. The molecule has 1 aliphatic carbocycles. The van der Waals surface area contributed by atoms with Crippen LogP contribution in [0.5, 0.6) is 0 Å². The number of nitrogens with one attached hydrogen (secondary N) is 2. The SMILES string of the molecule is O=C(Nc1n[nH]c(-c2ccc(Cl)cc2)n1)C1CC1[N+](=O)[O-]. The molecular formula is C12H10ClN5O3. The third kappa shape index (κ3) is 2.84. The lowest BCUT2D eigenvalue weighted by molar-refractivity contribution is -0.497. The predicted molar refractivity (Wildman–Crippen MR) is 74.3 cm³/mol. The minimum atomic E-state index is -0.792. The van der Waals surface area contributed by atoms with E-state index in [4.69, 9.17) is 11.6 Å². The molecule has 8 nitrogen and oxygen atoms in total. The van der Waals surface area contributed by atoms with Crippen LogP contribution in [0.3, 0.4) is 0 Å². The van der Waals surface area contributed by atoms with E-state index in [1.54, 1.807) is 24.3 Å². The molecule has 1 amide bonds. The van der Waals surface area contributed by atoms with E-state index in [0.717, 1.165) is 5.56 Å². The summed E-state index contributed by atoms with van der Waals surface area (Å²) in [4.78, 5) is 26.0. The van der Waals surface area contributed by atoms with E-state index >= 15 is 0 Å². The molecule has 2 N–H and O–H groups in total. The van der Waals surface area contributed by atoms with Crippen LogP contribution in [0, 0.1) is 16.0 Å². The zero-order valence-electron chi connectivity index (χ0n) is 10.6. The van der Waals surface area contributed by atoms with Crippen LogP contribution >= 0.6 is 11.6 Å². The van der Waals surface area contributed by atoms with Crippen molar-refractivity contribution in [2.24, 2.45) is 5.92 Å². The van der Waals surface area contributed by atoms with Crippen LogP contribution < -0.4 is 5.32 Å². The standard InChI is InChI=1S/C12H10ClN5O3/c13-7-3-1-6(2-4-7)10-14-12(17-16-10)15-11(19)8-5-9(8)18(20)21/h1-4,8-9H,5H2,(H2,14,15,16,17,19). The van der Waals surface area contributed by atoms with Crippen molar-refractivity contribution in [1.82, 2.24) is 15.2 Å². The van der Waals surface area contributed by atoms with E-state index in [1.807, 2.05) is 0 Å². The number of amides is 1. The van der Waals surface area contributed by atoms with E-state index in [0.29, 0.717) is 10.8 Å². The van der Waals surface area contributed by atoms with Gasteiger partial charge in [0.15, 0.2) is 5.82 Å². The molecule has 0 saturated heterocycles. The van der Waals surface area contributed by atoms with Crippen LogP contribution in [-0.2, 0) is 4.79 Å². The van der Waals surface area contributed by atoms with Crippen LogP contribution in [0.25, 0.3) is 11.4 Å². The summed E-state index contributed by atoms with van der Waals surface area (Å²) in [6.07, 6.45) is 0.257. The van der Waals surface area contributed by atoms with Crippen LogP contribution in [0.2, 0.25) is 5.02 Å². The number of hydrogen-bond acceptors (Lipinski definition) is 5. The van der Waals surface area contributed by atoms with E-state index in [-0.39, 0.29) is 12.4 Å². The summed E-state index contributed by atoms with van der Waals surface area (Å²) in [6, 6.07) is 6.16. The minimum Gasteiger partial charge on any atom is -0.293 e. The Morgan fingerprint density at radius 3 is 2.76 bits per heavy atom. The Morgan fingerprint density at radius 2 is 2.14 bits per heavy atom. The molecule has 2 unspecified atom stereocenters. The molecule has 1 aromatic carbocycles. The highest BCUT2D eigenvalue weighted by atomic mass is 35.5. The number of aromatic amines is 1. The number of anilines is 1. The number of H-pyrrole nitrogens is 1. The highest BCUT2D eigenvalue weighted by Gasteiger charge is 2.53. The maximum atomic E-state index is 11.8. The van der Waals surface area contributed by atoms with Crippen molar-refractivity contribution >= 4 is 23.5 Å². The molecule has 3 rings (SSSR count). The first kappa shape index (κ1) is 13.5. The van der Waals surface area contributed by atoms with Gasteiger partial charge in [-0.05, 0) is 24.3 Å². The maximum absolute atomic E-state index is 11.8. The number of carbonyl (C=O) groups is 1. The van der Waals surface area contributed by atoms with Crippen LogP contribution in [0.15, 0.2) is 24.3 Å². The number of carbonyl (C=O) groups excluding carboxylic acids is 1. The molecule has 1 fully saturated rings. The molecule has 1 aromatic heterocycles. The van der Waals surface area contributed by atoms with Crippen molar-refractivity contribution in [2.75, 3.05) is 5.32 Å². The van der Waals surface area contributed by atoms with Crippen molar-refractivity contribution in [3.8, 4) is 11.4 Å². The van der Waals surface area contributed by atoms with Crippen molar-refractivity contribution in [1.29, 1.82) is 0 Å². The summed E-state index contributed by atoms with van der Waals surface area (Å²) < 4.78 is 0. The zero-order valence-corrected chi connectivity index (χ0v) is 11.4. The normalized spacial score (nSPS) is 20.0. The van der Waals surface area contributed by atoms with Gasteiger partial charge in [-0.25, -0.2) is 0 Å². The molecule has 2 atom stereocenters. The van der Waals surface area contributed by atoms with E-state index in [1.165, 1.54) is 0 Å². The molecule has 0 aliphatic heterocycles. The zero-order chi connectivity index (χ0) is 15.0. The van der Waals surface area contributed by atoms with Gasteiger partial charge in [0.05, 0.1) is 0 Å². The lowest BCUT2D eigenvalue weighted by Crippen LogP contribution is -2.19. The fourth-order valence-corrected chi connectivity index (χ4v) is 2.08. The Balaban J connectivity index is 1.67. The first-order chi connectivity index (χ1) is 10.0. The van der Waals surface area contributed by atoms with Gasteiger partial charge >= 0.3 is 0 Å². The molecule has 0 spiro atoms. The van der Waals surface area contributed by atoms with Gasteiger partial charge in [-0.3, -0.25) is 25.3 Å². The highest BCUT2D eigenvalue weighted by molar-refractivity contribution is 6.30. The number of nitrogens with zero attached hydrogens (tertiary/aromatic N) is 3. The number of nitro groups is 1.